The van der Waals surface area contributed by atoms with Crippen LogP contribution in [0.4, 0.5) is 0 Å². The number of likely N-dealkylation sites (N-methyl/N-ethyl adjacent to an activating group) is 1. The van der Waals surface area contributed by atoms with Gasteiger partial charge in [-0.25, -0.2) is 0 Å². The number of hydrogen-bond donors (Lipinski definition) is 1. The number of amides is 1. The molecule has 1 N–H and O–H groups in total. The van der Waals surface area contributed by atoms with E-state index in [9.17, 15) is 4.79 Å². The van der Waals surface area contributed by atoms with Gasteiger partial charge in [-0.1, -0.05) is 41.9 Å². The molecule has 0 aliphatic rings. The average Bonchev–Trinajstić information content (AvgIpc) is 3.16. The van der Waals surface area contributed by atoms with Gasteiger partial charge in [0.2, 0.25) is 11.7 Å². The number of tetrazole rings is 1. The molecule has 7 heteroatoms. The lowest BCUT2D eigenvalue weighted by atomic mass is 9.99. The SMILES string of the molecule is C[C@H](C(=O)N(C)Cc1cccc(-c2nn[nH]n2)c1)c1ccc(Cl)cc1. The fraction of sp³-hybridized carbons (Fsp3) is 0.222. The van der Waals surface area contributed by atoms with E-state index in [0.29, 0.717) is 17.4 Å². The number of H-pyrrole nitrogens is 1. The molecule has 0 radical (unpaired) electrons. The quantitative estimate of drug-likeness (QED) is 0.762. The first kappa shape index (κ1) is 17.1. The third-order valence-corrected chi connectivity index (χ3v) is 4.32. The molecule has 25 heavy (non-hydrogen) atoms. The maximum Gasteiger partial charge on any atom is 0.229 e. The fourth-order valence-corrected chi connectivity index (χ4v) is 2.80. The van der Waals surface area contributed by atoms with Gasteiger partial charge in [0.15, 0.2) is 0 Å². The van der Waals surface area contributed by atoms with Gasteiger partial charge >= 0.3 is 0 Å². The highest BCUT2D eigenvalue weighted by Crippen LogP contribution is 2.21. The number of aromatic nitrogens is 4. The summed E-state index contributed by atoms with van der Waals surface area (Å²) in [7, 11) is 1.80. The second-order valence-electron chi connectivity index (χ2n) is 5.90. The van der Waals surface area contributed by atoms with Crippen LogP contribution in [0.3, 0.4) is 0 Å². The first-order valence-electron chi connectivity index (χ1n) is 7.88. The molecule has 3 rings (SSSR count). The van der Waals surface area contributed by atoms with E-state index in [-0.39, 0.29) is 11.8 Å². The highest BCUT2D eigenvalue weighted by Gasteiger charge is 2.19. The summed E-state index contributed by atoms with van der Waals surface area (Å²) in [4.78, 5) is 14.4. The Morgan fingerprint density at radius 1 is 1.24 bits per heavy atom. The largest absolute Gasteiger partial charge is 0.341 e. The van der Waals surface area contributed by atoms with Crippen molar-refractivity contribution >= 4 is 17.5 Å². The third-order valence-electron chi connectivity index (χ3n) is 4.07. The number of rotatable bonds is 5. The van der Waals surface area contributed by atoms with Gasteiger partial charge in [-0.2, -0.15) is 5.21 Å². The number of hydrogen-bond acceptors (Lipinski definition) is 4. The number of carbonyl (C=O) groups excluding carboxylic acids is 1. The van der Waals surface area contributed by atoms with Crippen molar-refractivity contribution in [1.29, 1.82) is 0 Å². The van der Waals surface area contributed by atoms with Crippen molar-refractivity contribution in [2.24, 2.45) is 0 Å². The van der Waals surface area contributed by atoms with Crippen LogP contribution in [0.2, 0.25) is 5.02 Å². The molecule has 6 nitrogen and oxygen atoms in total. The van der Waals surface area contributed by atoms with Gasteiger partial charge in [0, 0.05) is 24.2 Å². The molecule has 0 bridgehead atoms. The molecule has 0 unspecified atom stereocenters. The highest BCUT2D eigenvalue weighted by atomic mass is 35.5. The highest BCUT2D eigenvalue weighted by molar-refractivity contribution is 6.30. The van der Waals surface area contributed by atoms with Crippen LogP contribution in [0.25, 0.3) is 11.4 Å². The van der Waals surface area contributed by atoms with Gasteiger partial charge in [-0.05, 0) is 41.5 Å². The zero-order valence-corrected chi connectivity index (χ0v) is 14.7. The summed E-state index contributed by atoms with van der Waals surface area (Å²) in [5.41, 5.74) is 2.81. The standard InChI is InChI=1S/C18H18ClN5O/c1-12(14-6-8-16(19)9-7-14)18(25)24(2)11-13-4-3-5-15(10-13)17-20-22-23-21-17/h3-10,12H,11H2,1-2H3,(H,20,21,22,23)/t12-/m0/s1. The van der Waals surface area contributed by atoms with E-state index in [0.717, 1.165) is 16.7 Å². The topological polar surface area (TPSA) is 74.8 Å². The van der Waals surface area contributed by atoms with Crippen LogP contribution in [0.1, 0.15) is 24.0 Å². The van der Waals surface area contributed by atoms with Gasteiger partial charge in [-0.3, -0.25) is 4.79 Å². The van der Waals surface area contributed by atoms with Crippen molar-refractivity contribution in [3.05, 3.63) is 64.7 Å². The normalized spacial score (nSPS) is 12.0. The number of carbonyl (C=O) groups is 1. The zero-order chi connectivity index (χ0) is 17.8. The number of nitrogens with one attached hydrogen (secondary N) is 1. The Kier molecular flexibility index (Phi) is 5.09. The maximum absolute atomic E-state index is 12.7. The molecule has 1 amide bonds. The molecule has 3 aromatic rings. The Morgan fingerprint density at radius 3 is 2.68 bits per heavy atom. The van der Waals surface area contributed by atoms with E-state index in [1.54, 1.807) is 24.1 Å². The molecule has 1 aromatic heterocycles. The Hall–Kier alpha value is -2.73. The van der Waals surface area contributed by atoms with Crippen LogP contribution >= 0.6 is 11.6 Å². The van der Waals surface area contributed by atoms with Crippen molar-refractivity contribution in [3.8, 4) is 11.4 Å². The van der Waals surface area contributed by atoms with Crippen LogP contribution in [0.15, 0.2) is 48.5 Å². The summed E-state index contributed by atoms with van der Waals surface area (Å²) < 4.78 is 0. The number of nitrogens with zero attached hydrogens (tertiary/aromatic N) is 4. The minimum Gasteiger partial charge on any atom is -0.341 e. The molecule has 0 saturated heterocycles. The number of halogens is 1. The molecule has 0 spiro atoms. The summed E-state index contributed by atoms with van der Waals surface area (Å²) in [5, 5.41) is 14.6. The lowest BCUT2D eigenvalue weighted by molar-refractivity contribution is -0.131. The van der Waals surface area contributed by atoms with Crippen molar-refractivity contribution in [2.75, 3.05) is 7.05 Å². The van der Waals surface area contributed by atoms with E-state index in [1.807, 2.05) is 43.3 Å². The van der Waals surface area contributed by atoms with Gasteiger partial charge in [-0.15, -0.1) is 10.2 Å². The van der Waals surface area contributed by atoms with E-state index >= 15 is 0 Å². The van der Waals surface area contributed by atoms with Crippen LogP contribution in [-0.2, 0) is 11.3 Å². The van der Waals surface area contributed by atoms with Crippen molar-refractivity contribution in [2.45, 2.75) is 19.4 Å². The van der Waals surface area contributed by atoms with Crippen LogP contribution in [0.5, 0.6) is 0 Å². The van der Waals surface area contributed by atoms with E-state index < -0.39 is 0 Å². The molecule has 2 aromatic carbocycles. The molecule has 0 fully saturated rings. The van der Waals surface area contributed by atoms with E-state index in [4.69, 9.17) is 11.6 Å². The first-order valence-corrected chi connectivity index (χ1v) is 8.25. The van der Waals surface area contributed by atoms with Crippen LogP contribution in [-0.4, -0.2) is 38.5 Å². The Bertz CT molecular complexity index is 848. The minimum atomic E-state index is -0.234. The van der Waals surface area contributed by atoms with E-state index in [1.165, 1.54) is 0 Å². The molecule has 0 aliphatic carbocycles. The smallest absolute Gasteiger partial charge is 0.229 e. The summed E-state index contributed by atoms with van der Waals surface area (Å²) in [6.45, 7) is 2.40. The average molecular weight is 356 g/mol. The number of benzene rings is 2. The Balaban J connectivity index is 1.71. The molecule has 1 atom stereocenters. The van der Waals surface area contributed by atoms with Gasteiger partial charge in [0.05, 0.1) is 5.92 Å². The van der Waals surface area contributed by atoms with Gasteiger partial charge < -0.3 is 4.90 Å². The summed E-state index contributed by atoms with van der Waals surface area (Å²) in [5.74, 6) is 0.348. The van der Waals surface area contributed by atoms with Gasteiger partial charge in [0.1, 0.15) is 0 Å². The lowest BCUT2D eigenvalue weighted by Crippen LogP contribution is -2.30. The monoisotopic (exact) mass is 355 g/mol. The minimum absolute atomic E-state index is 0.0484. The summed E-state index contributed by atoms with van der Waals surface area (Å²) in [6, 6.07) is 15.1. The predicted octanol–water partition coefficient (Wildman–Crippen LogP) is 3.28. The summed E-state index contributed by atoms with van der Waals surface area (Å²) >= 11 is 5.91. The van der Waals surface area contributed by atoms with Gasteiger partial charge in [0.25, 0.3) is 0 Å². The molecule has 0 aliphatic heterocycles. The molecule has 1 heterocycles. The zero-order valence-electron chi connectivity index (χ0n) is 14.0. The van der Waals surface area contributed by atoms with Crippen molar-refractivity contribution < 1.29 is 4.79 Å². The maximum atomic E-state index is 12.7. The lowest BCUT2D eigenvalue weighted by Gasteiger charge is -2.22. The molecule has 128 valence electrons. The molecular formula is C18H18ClN5O. The second-order valence-corrected chi connectivity index (χ2v) is 6.34. The van der Waals surface area contributed by atoms with Crippen molar-refractivity contribution in [1.82, 2.24) is 25.5 Å². The first-order chi connectivity index (χ1) is 12.0. The summed E-state index contributed by atoms with van der Waals surface area (Å²) in [6.07, 6.45) is 0. The van der Waals surface area contributed by atoms with Crippen LogP contribution in [0, 0.1) is 0 Å². The third kappa shape index (κ3) is 4.03. The van der Waals surface area contributed by atoms with E-state index in [2.05, 4.69) is 20.6 Å². The van der Waals surface area contributed by atoms with Crippen LogP contribution < -0.4 is 0 Å². The Morgan fingerprint density at radius 2 is 2.00 bits per heavy atom. The predicted molar refractivity (Wildman–Crippen MR) is 96.0 cm³/mol. The Labute approximate surface area is 150 Å². The second kappa shape index (κ2) is 7.44. The number of aromatic amines is 1. The molecular weight excluding hydrogens is 338 g/mol. The fourth-order valence-electron chi connectivity index (χ4n) is 2.67. The van der Waals surface area contributed by atoms with Crippen molar-refractivity contribution in [3.63, 3.8) is 0 Å². The molecule has 0 saturated carbocycles.